The van der Waals surface area contributed by atoms with Crippen LogP contribution in [0.3, 0.4) is 0 Å². The van der Waals surface area contributed by atoms with Crippen LogP contribution in [0.15, 0.2) is 12.4 Å². The molecule has 0 radical (unpaired) electrons. The molecular formula is C11H17BrN2. The maximum absolute atomic E-state index is 4.43. The molecule has 1 unspecified atom stereocenters. The summed E-state index contributed by atoms with van der Waals surface area (Å²) < 4.78 is 2.14. The summed E-state index contributed by atoms with van der Waals surface area (Å²) in [6, 6.07) is 0.604. The van der Waals surface area contributed by atoms with Gasteiger partial charge in [-0.15, -0.1) is 0 Å². The second kappa shape index (κ2) is 4.47. The van der Waals surface area contributed by atoms with Gasteiger partial charge in [0, 0.05) is 11.5 Å². The van der Waals surface area contributed by atoms with E-state index in [-0.39, 0.29) is 0 Å². The highest BCUT2D eigenvalue weighted by atomic mass is 79.9. The highest BCUT2D eigenvalue weighted by Gasteiger charge is 2.29. The number of alkyl halides is 1. The van der Waals surface area contributed by atoms with E-state index in [1.165, 1.54) is 24.8 Å². The average Bonchev–Trinajstić information content (AvgIpc) is 2.94. The maximum atomic E-state index is 4.43. The zero-order valence-electron chi connectivity index (χ0n) is 8.62. The predicted molar refractivity (Wildman–Crippen MR) is 61.8 cm³/mol. The van der Waals surface area contributed by atoms with Crippen LogP contribution in [-0.2, 0) is 6.42 Å². The number of aryl methyl sites for hydroxylation is 1. The van der Waals surface area contributed by atoms with Gasteiger partial charge in [-0.05, 0) is 44.1 Å². The molecule has 1 aliphatic carbocycles. The lowest BCUT2D eigenvalue weighted by Crippen LogP contribution is -2.07. The minimum atomic E-state index is 0.604. The van der Waals surface area contributed by atoms with E-state index in [0.29, 0.717) is 6.04 Å². The van der Waals surface area contributed by atoms with Gasteiger partial charge in [-0.25, -0.2) is 0 Å². The smallest absolute Gasteiger partial charge is 0.0521 e. The van der Waals surface area contributed by atoms with E-state index in [4.69, 9.17) is 0 Å². The molecule has 2 rings (SSSR count). The Morgan fingerprint density at radius 3 is 3.07 bits per heavy atom. The topological polar surface area (TPSA) is 17.8 Å². The van der Waals surface area contributed by atoms with Gasteiger partial charge in [0.25, 0.3) is 0 Å². The van der Waals surface area contributed by atoms with Gasteiger partial charge < -0.3 is 0 Å². The van der Waals surface area contributed by atoms with Crippen LogP contribution in [-0.4, -0.2) is 15.1 Å². The SMILES string of the molecule is CC(C1CC1)n1cc(CCCBr)cn1. The molecule has 2 nitrogen and oxygen atoms in total. The van der Waals surface area contributed by atoms with Crippen LogP contribution < -0.4 is 0 Å². The van der Waals surface area contributed by atoms with Gasteiger partial charge in [-0.3, -0.25) is 4.68 Å². The van der Waals surface area contributed by atoms with Crippen LogP contribution in [0.25, 0.3) is 0 Å². The van der Waals surface area contributed by atoms with Crippen LogP contribution in [0.4, 0.5) is 0 Å². The molecule has 1 aromatic rings. The standard InChI is InChI=1S/C11H17BrN2/c1-9(11-4-5-11)14-8-10(7-13-14)3-2-6-12/h7-9,11H,2-6H2,1H3. The molecule has 0 N–H and O–H groups in total. The van der Waals surface area contributed by atoms with E-state index in [2.05, 4.69) is 38.8 Å². The summed E-state index contributed by atoms with van der Waals surface area (Å²) in [5.74, 6) is 0.888. The van der Waals surface area contributed by atoms with Crippen LogP contribution in [0.1, 0.15) is 37.8 Å². The Kier molecular flexibility index (Phi) is 3.26. The van der Waals surface area contributed by atoms with E-state index in [1.807, 2.05) is 6.20 Å². The molecule has 0 amide bonds. The molecule has 1 atom stereocenters. The van der Waals surface area contributed by atoms with Gasteiger partial charge in [0.05, 0.1) is 12.2 Å². The summed E-state index contributed by atoms with van der Waals surface area (Å²) in [6.07, 6.45) is 9.34. The molecular weight excluding hydrogens is 240 g/mol. The number of rotatable bonds is 5. The third kappa shape index (κ3) is 2.38. The molecule has 1 aliphatic rings. The Hall–Kier alpha value is -0.310. The molecule has 0 aromatic carbocycles. The van der Waals surface area contributed by atoms with Crippen molar-refractivity contribution >= 4 is 15.9 Å². The maximum Gasteiger partial charge on any atom is 0.0521 e. The van der Waals surface area contributed by atoms with Crippen molar-refractivity contribution < 1.29 is 0 Å². The van der Waals surface area contributed by atoms with Crippen molar-refractivity contribution in [2.45, 2.75) is 38.6 Å². The van der Waals surface area contributed by atoms with Crippen LogP contribution in [0.2, 0.25) is 0 Å². The second-order valence-corrected chi connectivity index (χ2v) is 4.99. The molecule has 1 fully saturated rings. The normalized spacial score (nSPS) is 18.4. The summed E-state index contributed by atoms with van der Waals surface area (Å²) in [5.41, 5.74) is 1.37. The molecule has 0 aliphatic heterocycles. The van der Waals surface area contributed by atoms with E-state index >= 15 is 0 Å². The summed E-state index contributed by atoms with van der Waals surface area (Å²) in [6.45, 7) is 2.28. The van der Waals surface area contributed by atoms with Crippen LogP contribution >= 0.6 is 15.9 Å². The Morgan fingerprint density at radius 1 is 1.64 bits per heavy atom. The van der Waals surface area contributed by atoms with Crippen LogP contribution in [0, 0.1) is 5.92 Å². The molecule has 3 heteroatoms. The van der Waals surface area contributed by atoms with Crippen molar-refractivity contribution in [2.24, 2.45) is 5.92 Å². The Morgan fingerprint density at radius 2 is 2.43 bits per heavy atom. The number of hydrogen-bond acceptors (Lipinski definition) is 1. The fraction of sp³-hybridized carbons (Fsp3) is 0.727. The van der Waals surface area contributed by atoms with Crippen molar-refractivity contribution in [2.75, 3.05) is 5.33 Å². The first kappa shape index (κ1) is 10.2. The highest BCUT2D eigenvalue weighted by Crippen LogP contribution is 2.39. The number of hydrogen-bond donors (Lipinski definition) is 0. The highest BCUT2D eigenvalue weighted by molar-refractivity contribution is 9.09. The first-order valence-electron chi connectivity index (χ1n) is 5.40. The van der Waals surface area contributed by atoms with Crippen molar-refractivity contribution in [3.8, 4) is 0 Å². The molecule has 0 spiro atoms. The largest absolute Gasteiger partial charge is 0.269 e. The van der Waals surface area contributed by atoms with E-state index < -0.39 is 0 Å². The Balaban J connectivity index is 1.94. The molecule has 78 valence electrons. The first-order chi connectivity index (χ1) is 6.81. The first-order valence-corrected chi connectivity index (χ1v) is 6.52. The molecule has 14 heavy (non-hydrogen) atoms. The fourth-order valence-corrected chi connectivity index (χ4v) is 2.08. The van der Waals surface area contributed by atoms with E-state index in [9.17, 15) is 0 Å². The van der Waals surface area contributed by atoms with E-state index in [1.54, 1.807) is 0 Å². The number of nitrogens with zero attached hydrogens (tertiary/aromatic N) is 2. The molecule has 1 aromatic heterocycles. The third-order valence-electron chi connectivity index (χ3n) is 2.98. The van der Waals surface area contributed by atoms with Crippen molar-refractivity contribution in [1.82, 2.24) is 9.78 Å². The van der Waals surface area contributed by atoms with Crippen molar-refractivity contribution in [1.29, 1.82) is 0 Å². The summed E-state index contributed by atoms with van der Waals surface area (Å²) in [5, 5.41) is 5.51. The quantitative estimate of drug-likeness (QED) is 0.741. The Bertz CT molecular complexity index is 291. The van der Waals surface area contributed by atoms with E-state index in [0.717, 1.165) is 17.7 Å². The molecule has 1 heterocycles. The lowest BCUT2D eigenvalue weighted by Gasteiger charge is -2.09. The minimum Gasteiger partial charge on any atom is -0.269 e. The van der Waals surface area contributed by atoms with Gasteiger partial charge in [0.2, 0.25) is 0 Å². The summed E-state index contributed by atoms with van der Waals surface area (Å²) >= 11 is 3.45. The fourth-order valence-electron chi connectivity index (χ4n) is 1.79. The minimum absolute atomic E-state index is 0.604. The van der Waals surface area contributed by atoms with Crippen LogP contribution in [0.5, 0.6) is 0 Å². The molecule has 0 saturated heterocycles. The predicted octanol–water partition coefficient (Wildman–Crippen LogP) is 3.18. The molecule has 0 bridgehead atoms. The monoisotopic (exact) mass is 256 g/mol. The Labute approximate surface area is 93.8 Å². The number of aromatic nitrogens is 2. The zero-order chi connectivity index (χ0) is 9.97. The van der Waals surface area contributed by atoms with Gasteiger partial charge in [0.1, 0.15) is 0 Å². The lowest BCUT2D eigenvalue weighted by molar-refractivity contribution is 0.440. The van der Waals surface area contributed by atoms with Crippen molar-refractivity contribution in [3.63, 3.8) is 0 Å². The van der Waals surface area contributed by atoms with Crippen molar-refractivity contribution in [3.05, 3.63) is 18.0 Å². The third-order valence-corrected chi connectivity index (χ3v) is 3.54. The van der Waals surface area contributed by atoms with Gasteiger partial charge in [-0.2, -0.15) is 5.10 Å². The lowest BCUT2D eigenvalue weighted by atomic mass is 10.2. The number of halogens is 1. The summed E-state index contributed by atoms with van der Waals surface area (Å²) in [4.78, 5) is 0. The average molecular weight is 257 g/mol. The van der Waals surface area contributed by atoms with Gasteiger partial charge in [-0.1, -0.05) is 15.9 Å². The zero-order valence-corrected chi connectivity index (χ0v) is 10.2. The van der Waals surface area contributed by atoms with Gasteiger partial charge in [0.15, 0.2) is 0 Å². The summed E-state index contributed by atoms with van der Waals surface area (Å²) in [7, 11) is 0. The van der Waals surface area contributed by atoms with Gasteiger partial charge >= 0.3 is 0 Å². The second-order valence-electron chi connectivity index (χ2n) is 4.20. The molecule has 1 saturated carbocycles.